The van der Waals surface area contributed by atoms with Gasteiger partial charge in [0.1, 0.15) is 17.4 Å². The van der Waals surface area contributed by atoms with Gasteiger partial charge in [0, 0.05) is 13.7 Å². The lowest BCUT2D eigenvalue weighted by molar-refractivity contribution is -0.148. The van der Waals surface area contributed by atoms with Gasteiger partial charge in [-0.15, -0.1) is 0 Å². The minimum absolute atomic E-state index is 0.113. The number of rotatable bonds is 5. The molecule has 2 heterocycles. The number of methoxy groups -OCH3 is 2. The largest absolute Gasteiger partial charge is 0.495 e. The summed E-state index contributed by atoms with van der Waals surface area (Å²) in [7, 11) is 3.14. The molecule has 2 aliphatic rings. The number of carbonyl (C=O) groups excluding carboxylic acids is 2. The number of para-hydroxylation sites is 2. The molecule has 3 rings (SSSR count). The average molecular weight is 347 g/mol. The van der Waals surface area contributed by atoms with Crippen LogP contribution < -0.4 is 20.3 Å². The maximum Gasteiger partial charge on any atom is 0.252 e. The van der Waals surface area contributed by atoms with Crippen molar-refractivity contribution in [2.75, 3.05) is 38.8 Å². The monoisotopic (exact) mass is 347 g/mol. The zero-order chi connectivity index (χ0) is 17.9. The van der Waals surface area contributed by atoms with E-state index in [1.165, 1.54) is 0 Å². The summed E-state index contributed by atoms with van der Waals surface area (Å²) in [6.45, 7) is 2.01. The molecule has 1 unspecified atom stereocenters. The molecule has 0 aromatic heterocycles. The molecule has 0 saturated carbocycles. The first-order valence-corrected chi connectivity index (χ1v) is 8.62. The number of ether oxygens (including phenoxy) is 2. The molecule has 25 heavy (non-hydrogen) atoms. The molecule has 1 aromatic carbocycles. The van der Waals surface area contributed by atoms with Crippen LogP contribution in [0.2, 0.25) is 0 Å². The first-order valence-electron chi connectivity index (χ1n) is 8.62. The number of hydrogen-bond acceptors (Lipinski definition) is 5. The summed E-state index contributed by atoms with van der Waals surface area (Å²) in [6, 6.07) is 6.88. The molecular formula is C18H25N3O4. The Morgan fingerprint density at radius 3 is 2.68 bits per heavy atom. The standard InChI is InChI=1S/C18H25N3O4/c1-24-15-6-4-3-5-14(15)21-12-7-13(16(21)22)20-17(23)18(25-2)8-10-19-11-9-18/h3-6,13,19H,7-12H2,1-2H3,(H,20,23). The number of hydrogen-bond donors (Lipinski definition) is 2. The lowest BCUT2D eigenvalue weighted by Gasteiger charge is -2.35. The van der Waals surface area contributed by atoms with Crippen molar-refractivity contribution in [1.29, 1.82) is 0 Å². The van der Waals surface area contributed by atoms with Crippen LogP contribution in [0.25, 0.3) is 0 Å². The second-order valence-corrected chi connectivity index (χ2v) is 6.42. The number of piperidine rings is 1. The maximum atomic E-state index is 12.8. The van der Waals surface area contributed by atoms with Gasteiger partial charge in [-0.3, -0.25) is 9.59 Å². The summed E-state index contributed by atoms with van der Waals surface area (Å²) < 4.78 is 10.9. The van der Waals surface area contributed by atoms with Crippen LogP contribution in [-0.4, -0.2) is 57.3 Å². The minimum atomic E-state index is -0.844. The van der Waals surface area contributed by atoms with E-state index < -0.39 is 11.6 Å². The van der Waals surface area contributed by atoms with E-state index in [0.29, 0.717) is 31.6 Å². The highest BCUT2D eigenvalue weighted by atomic mass is 16.5. The number of nitrogens with one attached hydrogen (secondary N) is 2. The zero-order valence-electron chi connectivity index (χ0n) is 14.7. The van der Waals surface area contributed by atoms with Crippen molar-refractivity contribution in [2.24, 2.45) is 0 Å². The van der Waals surface area contributed by atoms with Gasteiger partial charge in [-0.05, 0) is 44.5 Å². The van der Waals surface area contributed by atoms with Gasteiger partial charge in [-0.1, -0.05) is 12.1 Å². The van der Waals surface area contributed by atoms with Crippen molar-refractivity contribution in [3.05, 3.63) is 24.3 Å². The third-order valence-electron chi connectivity index (χ3n) is 5.10. The van der Waals surface area contributed by atoms with Gasteiger partial charge in [0.2, 0.25) is 5.91 Å². The molecule has 2 amide bonds. The van der Waals surface area contributed by atoms with Crippen LogP contribution in [0.4, 0.5) is 5.69 Å². The highest BCUT2D eigenvalue weighted by Crippen LogP contribution is 2.31. The van der Waals surface area contributed by atoms with E-state index in [1.54, 1.807) is 19.1 Å². The molecule has 7 nitrogen and oxygen atoms in total. The quantitative estimate of drug-likeness (QED) is 0.819. The topological polar surface area (TPSA) is 79.9 Å². The second kappa shape index (κ2) is 7.41. The first-order chi connectivity index (χ1) is 12.1. The summed E-state index contributed by atoms with van der Waals surface area (Å²) in [6.07, 6.45) is 1.78. The molecule has 2 aliphatic heterocycles. The molecule has 0 spiro atoms. The SMILES string of the molecule is COc1ccccc1N1CCC(NC(=O)C2(OC)CCNCC2)C1=O. The van der Waals surface area contributed by atoms with Gasteiger partial charge in [0.05, 0.1) is 12.8 Å². The van der Waals surface area contributed by atoms with Crippen molar-refractivity contribution >= 4 is 17.5 Å². The van der Waals surface area contributed by atoms with Crippen LogP contribution in [0.1, 0.15) is 19.3 Å². The highest BCUT2D eigenvalue weighted by molar-refractivity contribution is 6.03. The lowest BCUT2D eigenvalue weighted by Crippen LogP contribution is -2.57. The molecule has 1 atom stereocenters. The number of nitrogens with zero attached hydrogens (tertiary/aromatic N) is 1. The third kappa shape index (κ3) is 3.34. The van der Waals surface area contributed by atoms with Gasteiger partial charge in [0.15, 0.2) is 0 Å². The molecular weight excluding hydrogens is 322 g/mol. The Morgan fingerprint density at radius 1 is 1.28 bits per heavy atom. The predicted octanol–water partition coefficient (Wildman–Crippen LogP) is 0.685. The van der Waals surface area contributed by atoms with E-state index in [-0.39, 0.29) is 11.8 Å². The molecule has 0 radical (unpaired) electrons. The minimum Gasteiger partial charge on any atom is -0.495 e. The molecule has 0 aliphatic carbocycles. The summed E-state index contributed by atoms with van der Waals surface area (Å²) in [5.74, 6) is 0.337. The van der Waals surface area contributed by atoms with Gasteiger partial charge >= 0.3 is 0 Å². The van der Waals surface area contributed by atoms with Crippen molar-refractivity contribution in [3.8, 4) is 5.75 Å². The zero-order valence-corrected chi connectivity index (χ0v) is 14.7. The van der Waals surface area contributed by atoms with Crippen LogP contribution in [0.5, 0.6) is 5.75 Å². The van der Waals surface area contributed by atoms with E-state index in [2.05, 4.69) is 10.6 Å². The highest BCUT2D eigenvalue weighted by Gasteiger charge is 2.43. The maximum absolute atomic E-state index is 12.8. The van der Waals surface area contributed by atoms with E-state index in [4.69, 9.17) is 9.47 Å². The normalized spacial score (nSPS) is 22.7. The Kier molecular flexibility index (Phi) is 5.24. The van der Waals surface area contributed by atoms with Crippen LogP contribution in [-0.2, 0) is 14.3 Å². The van der Waals surface area contributed by atoms with E-state index >= 15 is 0 Å². The molecule has 2 fully saturated rings. The van der Waals surface area contributed by atoms with Gasteiger partial charge in [-0.2, -0.15) is 0 Å². The lowest BCUT2D eigenvalue weighted by atomic mass is 9.90. The summed E-state index contributed by atoms with van der Waals surface area (Å²) in [5.41, 5.74) is -0.112. The molecule has 0 bridgehead atoms. The van der Waals surface area contributed by atoms with Crippen LogP contribution in [0.15, 0.2) is 24.3 Å². The second-order valence-electron chi connectivity index (χ2n) is 6.42. The van der Waals surface area contributed by atoms with Crippen LogP contribution in [0.3, 0.4) is 0 Å². The van der Waals surface area contributed by atoms with Crippen molar-refractivity contribution in [3.63, 3.8) is 0 Å². The van der Waals surface area contributed by atoms with Crippen molar-refractivity contribution < 1.29 is 19.1 Å². The van der Waals surface area contributed by atoms with Crippen molar-refractivity contribution in [1.82, 2.24) is 10.6 Å². The Labute approximate surface area is 147 Å². The Morgan fingerprint density at radius 2 is 2.00 bits per heavy atom. The van der Waals surface area contributed by atoms with E-state index in [9.17, 15) is 9.59 Å². The van der Waals surface area contributed by atoms with Gasteiger partial charge < -0.3 is 25.0 Å². The fourth-order valence-corrected chi connectivity index (χ4v) is 3.55. The van der Waals surface area contributed by atoms with E-state index in [1.807, 2.05) is 24.3 Å². The first kappa shape index (κ1) is 17.7. The number of amides is 2. The fraction of sp³-hybridized carbons (Fsp3) is 0.556. The van der Waals surface area contributed by atoms with Gasteiger partial charge in [-0.25, -0.2) is 0 Å². The molecule has 1 aromatic rings. The summed E-state index contributed by atoms with van der Waals surface area (Å²) >= 11 is 0. The molecule has 7 heteroatoms. The smallest absolute Gasteiger partial charge is 0.252 e. The molecule has 136 valence electrons. The predicted molar refractivity (Wildman–Crippen MR) is 93.7 cm³/mol. The Hall–Kier alpha value is -2.12. The fourth-order valence-electron chi connectivity index (χ4n) is 3.55. The van der Waals surface area contributed by atoms with Crippen LogP contribution >= 0.6 is 0 Å². The number of anilines is 1. The number of carbonyl (C=O) groups is 2. The number of benzene rings is 1. The molecule has 2 saturated heterocycles. The summed E-state index contributed by atoms with van der Waals surface area (Å²) in [5, 5.41) is 6.13. The molecule has 2 N–H and O–H groups in total. The third-order valence-corrected chi connectivity index (χ3v) is 5.10. The van der Waals surface area contributed by atoms with Crippen molar-refractivity contribution in [2.45, 2.75) is 30.9 Å². The van der Waals surface area contributed by atoms with E-state index in [0.717, 1.165) is 18.8 Å². The summed E-state index contributed by atoms with van der Waals surface area (Å²) in [4.78, 5) is 27.2. The Bertz CT molecular complexity index is 643. The Balaban J connectivity index is 1.71. The average Bonchev–Trinajstić information content (AvgIpc) is 3.02. The van der Waals surface area contributed by atoms with Crippen LogP contribution in [0, 0.1) is 0 Å². The van der Waals surface area contributed by atoms with Gasteiger partial charge in [0.25, 0.3) is 5.91 Å².